The fraction of sp³-hybridized carbons (Fsp3) is 0.278. The van der Waals surface area contributed by atoms with E-state index >= 15 is 0 Å². The topological polar surface area (TPSA) is 29.1 Å². The standard InChI is InChI=1S/C18H17F4NO/c1-12(14-5-3-6-15(11-14)18(20,21)22)23-17(24)9-8-13-4-2-7-16(19)10-13/h2-7,10-12H,8-9H2,1H3,(H,23,24). The number of benzene rings is 2. The van der Waals surface area contributed by atoms with E-state index in [2.05, 4.69) is 5.32 Å². The van der Waals surface area contributed by atoms with E-state index in [1.165, 1.54) is 24.3 Å². The van der Waals surface area contributed by atoms with Gasteiger partial charge in [-0.1, -0.05) is 24.3 Å². The Morgan fingerprint density at radius 1 is 1.12 bits per heavy atom. The maximum absolute atomic E-state index is 13.1. The summed E-state index contributed by atoms with van der Waals surface area (Å²) in [4.78, 5) is 11.9. The highest BCUT2D eigenvalue weighted by Crippen LogP contribution is 2.30. The van der Waals surface area contributed by atoms with Crippen molar-refractivity contribution >= 4 is 5.91 Å². The van der Waals surface area contributed by atoms with Crippen LogP contribution < -0.4 is 5.32 Å². The molecule has 0 radical (unpaired) electrons. The molecule has 1 N–H and O–H groups in total. The van der Waals surface area contributed by atoms with Crippen LogP contribution in [0.4, 0.5) is 17.6 Å². The summed E-state index contributed by atoms with van der Waals surface area (Å²) in [7, 11) is 0. The van der Waals surface area contributed by atoms with Gasteiger partial charge in [-0.15, -0.1) is 0 Å². The first-order valence-electron chi connectivity index (χ1n) is 7.46. The highest BCUT2D eigenvalue weighted by Gasteiger charge is 2.30. The van der Waals surface area contributed by atoms with Crippen LogP contribution in [0.3, 0.4) is 0 Å². The van der Waals surface area contributed by atoms with Gasteiger partial charge in [0.15, 0.2) is 0 Å². The first-order valence-corrected chi connectivity index (χ1v) is 7.46. The molecule has 1 unspecified atom stereocenters. The van der Waals surface area contributed by atoms with Crippen molar-refractivity contribution in [3.63, 3.8) is 0 Å². The van der Waals surface area contributed by atoms with Crippen molar-refractivity contribution in [3.8, 4) is 0 Å². The van der Waals surface area contributed by atoms with Gasteiger partial charge in [0, 0.05) is 6.42 Å². The van der Waals surface area contributed by atoms with Crippen LogP contribution in [0.25, 0.3) is 0 Å². The summed E-state index contributed by atoms with van der Waals surface area (Å²) < 4.78 is 51.2. The van der Waals surface area contributed by atoms with Crippen molar-refractivity contribution in [2.45, 2.75) is 32.0 Å². The van der Waals surface area contributed by atoms with Crippen LogP contribution in [0.2, 0.25) is 0 Å². The largest absolute Gasteiger partial charge is 0.416 e. The minimum Gasteiger partial charge on any atom is -0.350 e. The Balaban J connectivity index is 1.94. The molecule has 0 spiro atoms. The summed E-state index contributed by atoms with van der Waals surface area (Å²) in [6.07, 6.45) is -3.93. The van der Waals surface area contributed by atoms with E-state index in [0.717, 1.165) is 12.1 Å². The molecule has 24 heavy (non-hydrogen) atoms. The first-order chi connectivity index (χ1) is 11.3. The van der Waals surface area contributed by atoms with E-state index in [0.29, 0.717) is 17.5 Å². The van der Waals surface area contributed by atoms with E-state index in [9.17, 15) is 22.4 Å². The van der Waals surface area contributed by atoms with Crippen LogP contribution in [0.15, 0.2) is 48.5 Å². The van der Waals surface area contributed by atoms with Crippen LogP contribution in [0, 0.1) is 5.82 Å². The molecule has 0 aliphatic carbocycles. The lowest BCUT2D eigenvalue weighted by Crippen LogP contribution is -2.27. The van der Waals surface area contributed by atoms with E-state index in [-0.39, 0.29) is 18.1 Å². The van der Waals surface area contributed by atoms with Crippen molar-refractivity contribution in [3.05, 3.63) is 71.0 Å². The zero-order valence-corrected chi connectivity index (χ0v) is 13.0. The number of nitrogens with one attached hydrogen (secondary N) is 1. The highest BCUT2D eigenvalue weighted by molar-refractivity contribution is 5.76. The highest BCUT2D eigenvalue weighted by atomic mass is 19.4. The Morgan fingerprint density at radius 3 is 2.50 bits per heavy atom. The Morgan fingerprint density at radius 2 is 1.83 bits per heavy atom. The van der Waals surface area contributed by atoms with Gasteiger partial charge < -0.3 is 5.32 Å². The molecule has 0 saturated carbocycles. The SMILES string of the molecule is CC(NC(=O)CCc1cccc(F)c1)c1cccc(C(F)(F)F)c1. The van der Waals surface area contributed by atoms with Crippen molar-refractivity contribution in [1.29, 1.82) is 0 Å². The minimum absolute atomic E-state index is 0.132. The van der Waals surface area contributed by atoms with Gasteiger partial charge in [0.2, 0.25) is 5.91 Å². The summed E-state index contributed by atoms with van der Waals surface area (Å²) in [5.74, 6) is -0.672. The molecule has 2 aromatic rings. The maximum atomic E-state index is 13.1. The number of aryl methyl sites for hydroxylation is 1. The third-order valence-electron chi connectivity index (χ3n) is 3.62. The number of carbonyl (C=O) groups excluding carboxylic acids is 1. The van der Waals surface area contributed by atoms with Crippen LogP contribution in [0.1, 0.15) is 36.1 Å². The molecular formula is C18H17F4NO. The monoisotopic (exact) mass is 339 g/mol. The Kier molecular flexibility index (Phi) is 5.59. The van der Waals surface area contributed by atoms with Crippen molar-refractivity contribution in [2.75, 3.05) is 0 Å². The van der Waals surface area contributed by atoms with Crippen molar-refractivity contribution in [1.82, 2.24) is 5.32 Å². The summed E-state index contributed by atoms with van der Waals surface area (Å²) in [6.45, 7) is 1.62. The number of carbonyl (C=O) groups is 1. The summed E-state index contributed by atoms with van der Waals surface area (Å²) >= 11 is 0. The minimum atomic E-state index is -4.42. The smallest absolute Gasteiger partial charge is 0.350 e. The molecule has 2 aromatic carbocycles. The molecule has 1 amide bonds. The van der Waals surface area contributed by atoms with Gasteiger partial charge in [0.05, 0.1) is 11.6 Å². The van der Waals surface area contributed by atoms with Crippen LogP contribution in [-0.2, 0) is 17.4 Å². The molecule has 0 saturated heterocycles. The van der Waals surface area contributed by atoms with Gasteiger partial charge in [-0.05, 0) is 48.7 Å². The molecule has 0 fully saturated rings. The second kappa shape index (κ2) is 7.47. The summed E-state index contributed by atoms with van der Waals surface area (Å²) in [6, 6.07) is 10.3. The molecule has 6 heteroatoms. The van der Waals surface area contributed by atoms with Gasteiger partial charge >= 0.3 is 6.18 Å². The summed E-state index contributed by atoms with van der Waals surface area (Å²) in [5, 5.41) is 2.66. The molecule has 2 nitrogen and oxygen atoms in total. The third kappa shape index (κ3) is 5.08. The second-order valence-corrected chi connectivity index (χ2v) is 5.54. The number of rotatable bonds is 5. The van der Waals surface area contributed by atoms with Gasteiger partial charge in [0.25, 0.3) is 0 Å². The van der Waals surface area contributed by atoms with Gasteiger partial charge in [-0.25, -0.2) is 4.39 Å². The number of halogens is 4. The molecule has 2 rings (SSSR count). The first kappa shape index (κ1) is 18.0. The average Bonchev–Trinajstić information content (AvgIpc) is 2.52. The number of amides is 1. The summed E-state index contributed by atoms with van der Waals surface area (Å²) in [5.41, 5.74) is 0.321. The number of hydrogen-bond donors (Lipinski definition) is 1. The van der Waals surface area contributed by atoms with E-state index in [1.807, 2.05) is 0 Å². The molecule has 1 atom stereocenters. The van der Waals surface area contributed by atoms with Crippen LogP contribution in [0.5, 0.6) is 0 Å². The van der Waals surface area contributed by atoms with Crippen LogP contribution >= 0.6 is 0 Å². The van der Waals surface area contributed by atoms with Gasteiger partial charge in [0.1, 0.15) is 5.82 Å². The van der Waals surface area contributed by atoms with E-state index < -0.39 is 17.8 Å². The van der Waals surface area contributed by atoms with Crippen molar-refractivity contribution < 1.29 is 22.4 Å². The van der Waals surface area contributed by atoms with E-state index in [1.54, 1.807) is 19.1 Å². The number of alkyl halides is 3. The number of hydrogen-bond acceptors (Lipinski definition) is 1. The molecule has 128 valence electrons. The molecular weight excluding hydrogens is 322 g/mol. The third-order valence-corrected chi connectivity index (χ3v) is 3.62. The fourth-order valence-electron chi connectivity index (χ4n) is 2.33. The predicted molar refractivity (Wildman–Crippen MR) is 82.7 cm³/mol. The Bertz CT molecular complexity index is 712. The van der Waals surface area contributed by atoms with Crippen molar-refractivity contribution in [2.24, 2.45) is 0 Å². The molecule has 0 aromatic heterocycles. The molecule has 0 heterocycles. The van der Waals surface area contributed by atoms with Crippen LogP contribution in [-0.4, -0.2) is 5.91 Å². The average molecular weight is 339 g/mol. The molecule has 0 aliphatic rings. The fourth-order valence-corrected chi connectivity index (χ4v) is 2.33. The predicted octanol–water partition coefficient (Wildman–Crippen LogP) is 4.65. The Hall–Kier alpha value is -2.37. The quantitative estimate of drug-likeness (QED) is 0.789. The maximum Gasteiger partial charge on any atom is 0.416 e. The van der Waals surface area contributed by atoms with Gasteiger partial charge in [-0.3, -0.25) is 4.79 Å². The van der Waals surface area contributed by atoms with Gasteiger partial charge in [-0.2, -0.15) is 13.2 Å². The zero-order chi connectivity index (χ0) is 17.7. The van der Waals surface area contributed by atoms with E-state index in [4.69, 9.17) is 0 Å². The lowest BCUT2D eigenvalue weighted by atomic mass is 10.0. The zero-order valence-electron chi connectivity index (χ0n) is 13.0. The normalized spacial score (nSPS) is 12.7. The lowest BCUT2D eigenvalue weighted by molar-refractivity contribution is -0.137. The lowest BCUT2D eigenvalue weighted by Gasteiger charge is -2.16. The Labute approximate surface area is 137 Å². The molecule has 0 aliphatic heterocycles. The molecule has 0 bridgehead atoms. The second-order valence-electron chi connectivity index (χ2n) is 5.54.